The minimum absolute atomic E-state index is 0.399. The van der Waals surface area contributed by atoms with Gasteiger partial charge in [0.2, 0.25) is 0 Å². The van der Waals surface area contributed by atoms with Crippen molar-refractivity contribution in [2.45, 2.75) is 32.4 Å². The molecule has 0 saturated carbocycles. The van der Waals surface area contributed by atoms with Crippen LogP contribution in [0, 0.1) is 6.92 Å². The predicted molar refractivity (Wildman–Crippen MR) is 66.6 cm³/mol. The number of rotatable bonds is 1. The number of imidazole rings is 1. The van der Waals surface area contributed by atoms with Crippen LogP contribution >= 0.6 is 0 Å². The highest BCUT2D eigenvalue weighted by Crippen LogP contribution is 2.28. The molecule has 0 bridgehead atoms. The highest BCUT2D eigenvalue weighted by Gasteiger charge is 2.20. The first-order valence-corrected chi connectivity index (χ1v) is 6.07. The number of hydrogen-bond acceptors (Lipinski definition) is 2. The second-order valence-corrected chi connectivity index (χ2v) is 4.64. The summed E-state index contributed by atoms with van der Waals surface area (Å²) in [6, 6.07) is 8.22. The lowest BCUT2D eigenvalue weighted by molar-refractivity contribution is 0.0781. The molecule has 3 nitrogen and oxygen atoms in total. The molecule has 1 aliphatic heterocycles. The Bertz CT molecular complexity index is 545. The minimum atomic E-state index is -0.399. The summed E-state index contributed by atoms with van der Waals surface area (Å²) in [5, 5.41) is 9.91. The molecule has 1 N–H and O–H groups in total. The molecule has 0 saturated heterocycles. The van der Waals surface area contributed by atoms with E-state index in [0.717, 1.165) is 36.3 Å². The number of benzene rings is 1. The molecule has 1 aliphatic rings. The summed E-state index contributed by atoms with van der Waals surface area (Å²) in [6.07, 6.45) is 4.39. The molecule has 2 aromatic rings. The van der Waals surface area contributed by atoms with Gasteiger partial charge in [0.05, 0.1) is 5.69 Å². The van der Waals surface area contributed by atoms with Crippen LogP contribution in [-0.2, 0) is 6.42 Å². The Morgan fingerprint density at radius 2 is 2.18 bits per heavy atom. The highest BCUT2D eigenvalue weighted by atomic mass is 16.3. The molecule has 0 fully saturated rings. The Morgan fingerprint density at radius 3 is 2.94 bits per heavy atom. The van der Waals surface area contributed by atoms with Gasteiger partial charge < -0.3 is 9.67 Å². The van der Waals surface area contributed by atoms with Crippen molar-refractivity contribution in [1.82, 2.24) is 9.55 Å². The largest absolute Gasteiger partial charge is 0.373 e. The Labute approximate surface area is 101 Å². The molecular weight excluding hydrogens is 212 g/mol. The summed E-state index contributed by atoms with van der Waals surface area (Å²) in [6.45, 7) is 2.09. The van der Waals surface area contributed by atoms with Crippen molar-refractivity contribution in [3.05, 3.63) is 41.9 Å². The van der Waals surface area contributed by atoms with Gasteiger partial charge in [0, 0.05) is 18.2 Å². The van der Waals surface area contributed by atoms with Crippen molar-refractivity contribution in [2.24, 2.45) is 0 Å². The van der Waals surface area contributed by atoms with Gasteiger partial charge in [-0.3, -0.25) is 0 Å². The fourth-order valence-corrected chi connectivity index (χ4v) is 2.45. The molecule has 0 spiro atoms. The van der Waals surface area contributed by atoms with Gasteiger partial charge in [-0.05, 0) is 25.3 Å². The lowest BCUT2D eigenvalue weighted by Gasteiger charge is -2.19. The van der Waals surface area contributed by atoms with Crippen molar-refractivity contribution in [2.75, 3.05) is 0 Å². The van der Waals surface area contributed by atoms with Crippen molar-refractivity contribution < 1.29 is 5.11 Å². The fourth-order valence-electron chi connectivity index (χ4n) is 2.45. The van der Waals surface area contributed by atoms with Gasteiger partial charge in [0.25, 0.3) is 0 Å². The molecule has 1 atom stereocenters. The van der Waals surface area contributed by atoms with Crippen LogP contribution < -0.4 is 0 Å². The van der Waals surface area contributed by atoms with E-state index in [-0.39, 0.29) is 0 Å². The Kier molecular flexibility index (Phi) is 2.48. The van der Waals surface area contributed by atoms with E-state index in [1.54, 1.807) is 0 Å². The molecule has 17 heavy (non-hydrogen) atoms. The summed E-state index contributed by atoms with van der Waals surface area (Å²) < 4.78 is 1.91. The predicted octanol–water partition coefficient (Wildman–Crippen LogP) is 2.69. The second-order valence-electron chi connectivity index (χ2n) is 4.64. The van der Waals surface area contributed by atoms with Crippen molar-refractivity contribution in [3.63, 3.8) is 0 Å². The molecule has 0 radical (unpaired) electrons. The third kappa shape index (κ3) is 1.76. The molecule has 88 valence electrons. The van der Waals surface area contributed by atoms with Gasteiger partial charge in [0.1, 0.15) is 12.1 Å². The number of aliphatic hydroxyl groups excluding tert-OH is 1. The third-order valence-electron chi connectivity index (χ3n) is 3.41. The van der Waals surface area contributed by atoms with Crippen LogP contribution in [0.25, 0.3) is 11.3 Å². The number of aryl methyl sites for hydroxylation is 2. The average Bonchev–Trinajstić information content (AvgIpc) is 2.75. The Balaban J connectivity index is 2.08. The summed E-state index contributed by atoms with van der Waals surface area (Å²) >= 11 is 0. The first-order chi connectivity index (χ1) is 8.25. The van der Waals surface area contributed by atoms with Gasteiger partial charge >= 0.3 is 0 Å². The Morgan fingerprint density at radius 1 is 1.35 bits per heavy atom. The molecular formula is C14H16N2O. The van der Waals surface area contributed by atoms with E-state index in [4.69, 9.17) is 0 Å². The highest BCUT2D eigenvalue weighted by molar-refractivity contribution is 5.63. The zero-order valence-corrected chi connectivity index (χ0v) is 9.93. The van der Waals surface area contributed by atoms with Gasteiger partial charge in [-0.15, -0.1) is 0 Å². The van der Waals surface area contributed by atoms with Crippen LogP contribution in [0.5, 0.6) is 0 Å². The molecule has 0 amide bonds. The molecule has 2 heterocycles. The van der Waals surface area contributed by atoms with Crippen LogP contribution in [-0.4, -0.2) is 14.7 Å². The maximum Gasteiger partial charge on any atom is 0.131 e. The van der Waals surface area contributed by atoms with Crippen molar-refractivity contribution >= 4 is 0 Å². The SMILES string of the molecule is Cc1ccccc1-c1cn2c(n1)CCCC2O. The summed E-state index contributed by atoms with van der Waals surface area (Å²) in [4.78, 5) is 4.64. The lowest BCUT2D eigenvalue weighted by Crippen LogP contribution is -2.16. The number of nitrogens with zero attached hydrogens (tertiary/aromatic N) is 2. The van der Waals surface area contributed by atoms with E-state index in [1.807, 2.05) is 22.9 Å². The van der Waals surface area contributed by atoms with Gasteiger partial charge in [-0.1, -0.05) is 24.3 Å². The summed E-state index contributed by atoms with van der Waals surface area (Å²) in [7, 11) is 0. The first kappa shape index (κ1) is 10.5. The molecule has 3 rings (SSSR count). The van der Waals surface area contributed by atoms with E-state index in [1.165, 1.54) is 5.56 Å². The summed E-state index contributed by atoms with van der Waals surface area (Å²) in [5.41, 5.74) is 3.35. The van der Waals surface area contributed by atoms with E-state index in [2.05, 4.69) is 24.0 Å². The zero-order valence-electron chi connectivity index (χ0n) is 9.93. The van der Waals surface area contributed by atoms with Crippen molar-refractivity contribution in [1.29, 1.82) is 0 Å². The molecule has 0 aliphatic carbocycles. The average molecular weight is 228 g/mol. The van der Waals surface area contributed by atoms with Crippen LogP contribution in [0.2, 0.25) is 0 Å². The van der Waals surface area contributed by atoms with E-state index >= 15 is 0 Å². The molecule has 3 heteroatoms. The number of fused-ring (bicyclic) bond motifs is 1. The molecule has 1 aromatic heterocycles. The van der Waals surface area contributed by atoms with E-state index in [9.17, 15) is 5.11 Å². The minimum Gasteiger partial charge on any atom is -0.373 e. The maximum atomic E-state index is 9.91. The number of hydrogen-bond donors (Lipinski definition) is 1. The maximum absolute atomic E-state index is 9.91. The number of aromatic nitrogens is 2. The smallest absolute Gasteiger partial charge is 0.131 e. The first-order valence-electron chi connectivity index (χ1n) is 6.07. The third-order valence-corrected chi connectivity index (χ3v) is 3.41. The molecule has 1 aromatic carbocycles. The fraction of sp³-hybridized carbons (Fsp3) is 0.357. The topological polar surface area (TPSA) is 38.0 Å². The quantitative estimate of drug-likeness (QED) is 0.815. The standard InChI is InChI=1S/C14H16N2O/c1-10-5-2-3-6-11(10)12-9-16-13(15-12)7-4-8-14(16)17/h2-3,5-6,9,14,17H,4,7-8H2,1H3. The monoisotopic (exact) mass is 228 g/mol. The van der Waals surface area contributed by atoms with Crippen molar-refractivity contribution in [3.8, 4) is 11.3 Å². The number of aliphatic hydroxyl groups is 1. The van der Waals surface area contributed by atoms with Crippen LogP contribution in [0.15, 0.2) is 30.5 Å². The summed E-state index contributed by atoms with van der Waals surface area (Å²) in [5.74, 6) is 1.00. The van der Waals surface area contributed by atoms with E-state index < -0.39 is 6.23 Å². The van der Waals surface area contributed by atoms with Gasteiger partial charge in [-0.25, -0.2) is 4.98 Å². The normalized spacial score (nSPS) is 19.1. The van der Waals surface area contributed by atoms with E-state index in [0.29, 0.717) is 0 Å². The lowest BCUT2D eigenvalue weighted by atomic mass is 10.1. The Hall–Kier alpha value is -1.61. The molecule has 1 unspecified atom stereocenters. The second kappa shape index (κ2) is 4.00. The van der Waals surface area contributed by atoms with Crippen LogP contribution in [0.3, 0.4) is 0 Å². The van der Waals surface area contributed by atoms with Gasteiger partial charge in [0.15, 0.2) is 0 Å². The van der Waals surface area contributed by atoms with Crippen LogP contribution in [0.4, 0.5) is 0 Å². The zero-order chi connectivity index (χ0) is 11.8. The van der Waals surface area contributed by atoms with Crippen LogP contribution in [0.1, 0.15) is 30.5 Å². The van der Waals surface area contributed by atoms with Gasteiger partial charge in [-0.2, -0.15) is 0 Å².